The van der Waals surface area contributed by atoms with Crippen LogP contribution in [-0.2, 0) is 9.59 Å². The predicted molar refractivity (Wildman–Crippen MR) is 60.6 cm³/mol. The number of rotatable bonds is 9. The molecular formula is C10H21N3O3. The lowest BCUT2D eigenvalue weighted by molar-refractivity contribution is -0.125. The fourth-order valence-corrected chi connectivity index (χ4v) is 1.33. The maximum Gasteiger partial charge on any atom is 0.236 e. The third kappa shape index (κ3) is 8.19. The first-order valence-corrected chi connectivity index (χ1v) is 5.48. The zero-order valence-corrected chi connectivity index (χ0v) is 9.74. The summed E-state index contributed by atoms with van der Waals surface area (Å²) in [5, 5.41) is 11.2. The van der Waals surface area contributed by atoms with Gasteiger partial charge < -0.3 is 21.1 Å². The Labute approximate surface area is 95.8 Å². The first kappa shape index (κ1) is 14.9. The number of hydrogen-bond donors (Lipinski definition) is 3. The standard InChI is InChI=1S/C10H21N3O3/c1-2-4-13(6-7-14)5-3-10(16)12-8-9(11)15/h14H,2-8H2,1H3,(H2,11,15)(H,12,16). The van der Waals surface area contributed by atoms with Crippen molar-refractivity contribution in [2.45, 2.75) is 19.8 Å². The SMILES string of the molecule is CCCN(CCO)CCC(=O)NCC(N)=O. The molecule has 0 aliphatic carbocycles. The van der Waals surface area contributed by atoms with E-state index >= 15 is 0 Å². The van der Waals surface area contributed by atoms with Crippen molar-refractivity contribution in [3.63, 3.8) is 0 Å². The molecule has 0 aliphatic heterocycles. The molecule has 0 bridgehead atoms. The molecule has 0 saturated carbocycles. The minimum atomic E-state index is -0.547. The van der Waals surface area contributed by atoms with E-state index in [0.29, 0.717) is 19.5 Å². The number of aliphatic hydroxyl groups is 1. The Balaban J connectivity index is 3.72. The summed E-state index contributed by atoms with van der Waals surface area (Å²) in [7, 11) is 0. The molecule has 0 saturated heterocycles. The van der Waals surface area contributed by atoms with Gasteiger partial charge in [-0.15, -0.1) is 0 Å². The average Bonchev–Trinajstić information content (AvgIpc) is 2.23. The van der Waals surface area contributed by atoms with Crippen molar-refractivity contribution in [2.24, 2.45) is 5.73 Å². The molecule has 0 heterocycles. The monoisotopic (exact) mass is 231 g/mol. The molecule has 0 aromatic heterocycles. The predicted octanol–water partition coefficient (Wildman–Crippen LogP) is -1.32. The second-order valence-corrected chi connectivity index (χ2v) is 3.56. The number of nitrogens with zero attached hydrogens (tertiary/aromatic N) is 1. The summed E-state index contributed by atoms with van der Waals surface area (Å²) in [6.45, 7) is 4.01. The third-order valence-electron chi connectivity index (χ3n) is 2.07. The van der Waals surface area contributed by atoms with Gasteiger partial charge in [-0.1, -0.05) is 6.92 Å². The van der Waals surface area contributed by atoms with Gasteiger partial charge in [-0.25, -0.2) is 0 Å². The van der Waals surface area contributed by atoms with Crippen LogP contribution in [0, 0.1) is 0 Å². The summed E-state index contributed by atoms with van der Waals surface area (Å²) in [6, 6.07) is 0. The van der Waals surface area contributed by atoms with Crippen molar-refractivity contribution in [3.05, 3.63) is 0 Å². The summed E-state index contributed by atoms with van der Waals surface area (Å²) in [4.78, 5) is 23.7. The number of carbonyl (C=O) groups is 2. The average molecular weight is 231 g/mol. The molecular weight excluding hydrogens is 210 g/mol. The highest BCUT2D eigenvalue weighted by Gasteiger charge is 2.07. The number of nitrogens with two attached hydrogens (primary N) is 1. The van der Waals surface area contributed by atoms with Crippen molar-refractivity contribution in [3.8, 4) is 0 Å². The topological polar surface area (TPSA) is 95.7 Å². The van der Waals surface area contributed by atoms with Gasteiger partial charge >= 0.3 is 0 Å². The highest BCUT2D eigenvalue weighted by Crippen LogP contribution is 1.93. The molecule has 0 radical (unpaired) electrons. The number of primary amides is 1. The van der Waals surface area contributed by atoms with Crippen LogP contribution in [0.5, 0.6) is 0 Å². The van der Waals surface area contributed by atoms with Crippen LogP contribution < -0.4 is 11.1 Å². The Morgan fingerprint density at radius 1 is 1.31 bits per heavy atom. The van der Waals surface area contributed by atoms with Crippen molar-refractivity contribution < 1.29 is 14.7 Å². The first-order valence-electron chi connectivity index (χ1n) is 5.48. The van der Waals surface area contributed by atoms with E-state index in [9.17, 15) is 9.59 Å². The van der Waals surface area contributed by atoms with Crippen LogP contribution in [0.15, 0.2) is 0 Å². The Bertz CT molecular complexity index is 215. The van der Waals surface area contributed by atoms with Crippen LogP contribution in [0.3, 0.4) is 0 Å². The van der Waals surface area contributed by atoms with E-state index in [1.54, 1.807) is 0 Å². The van der Waals surface area contributed by atoms with Crippen molar-refractivity contribution in [1.82, 2.24) is 10.2 Å². The van der Waals surface area contributed by atoms with Gasteiger partial charge in [-0.05, 0) is 13.0 Å². The third-order valence-corrected chi connectivity index (χ3v) is 2.07. The van der Waals surface area contributed by atoms with Crippen LogP contribution in [0.1, 0.15) is 19.8 Å². The van der Waals surface area contributed by atoms with E-state index in [2.05, 4.69) is 5.32 Å². The summed E-state index contributed by atoms with van der Waals surface area (Å²) in [6.07, 6.45) is 1.29. The summed E-state index contributed by atoms with van der Waals surface area (Å²) in [5.74, 6) is -0.744. The summed E-state index contributed by atoms with van der Waals surface area (Å²) < 4.78 is 0. The molecule has 0 atom stereocenters. The molecule has 4 N–H and O–H groups in total. The van der Waals surface area contributed by atoms with Gasteiger partial charge in [-0.2, -0.15) is 0 Å². The second-order valence-electron chi connectivity index (χ2n) is 3.56. The normalized spacial score (nSPS) is 10.4. The molecule has 0 fully saturated rings. The minimum absolute atomic E-state index is 0.0862. The van der Waals surface area contributed by atoms with Gasteiger partial charge in [0.25, 0.3) is 0 Å². The minimum Gasteiger partial charge on any atom is -0.395 e. The molecule has 6 nitrogen and oxygen atoms in total. The number of aliphatic hydroxyl groups excluding tert-OH is 1. The fraction of sp³-hybridized carbons (Fsp3) is 0.800. The molecule has 0 unspecified atom stereocenters. The van der Waals surface area contributed by atoms with Crippen LogP contribution in [0.4, 0.5) is 0 Å². The van der Waals surface area contributed by atoms with E-state index < -0.39 is 5.91 Å². The highest BCUT2D eigenvalue weighted by molar-refractivity contribution is 5.83. The number of amides is 2. The highest BCUT2D eigenvalue weighted by atomic mass is 16.3. The molecule has 2 amide bonds. The maximum atomic E-state index is 11.3. The molecule has 94 valence electrons. The van der Waals surface area contributed by atoms with Gasteiger partial charge in [0.2, 0.25) is 11.8 Å². The summed E-state index contributed by atoms with van der Waals surface area (Å²) >= 11 is 0. The Morgan fingerprint density at radius 2 is 2.00 bits per heavy atom. The van der Waals surface area contributed by atoms with Crippen LogP contribution >= 0.6 is 0 Å². The molecule has 0 spiro atoms. The quantitative estimate of drug-likeness (QED) is 0.459. The Morgan fingerprint density at radius 3 is 2.50 bits per heavy atom. The lowest BCUT2D eigenvalue weighted by Gasteiger charge is -2.19. The Hall–Kier alpha value is -1.14. The van der Waals surface area contributed by atoms with Crippen molar-refractivity contribution >= 4 is 11.8 Å². The zero-order valence-electron chi connectivity index (χ0n) is 9.74. The largest absolute Gasteiger partial charge is 0.395 e. The van der Waals surface area contributed by atoms with E-state index in [4.69, 9.17) is 10.8 Å². The molecule has 6 heteroatoms. The van der Waals surface area contributed by atoms with Gasteiger partial charge in [0.05, 0.1) is 13.2 Å². The lowest BCUT2D eigenvalue weighted by atomic mass is 10.3. The molecule has 0 aromatic carbocycles. The van der Waals surface area contributed by atoms with Crippen molar-refractivity contribution in [2.75, 3.05) is 32.8 Å². The number of hydrogen-bond acceptors (Lipinski definition) is 4. The zero-order chi connectivity index (χ0) is 12.4. The van der Waals surface area contributed by atoms with E-state index in [1.165, 1.54) is 0 Å². The maximum absolute atomic E-state index is 11.3. The van der Waals surface area contributed by atoms with Gasteiger partial charge in [0.15, 0.2) is 0 Å². The second kappa shape index (κ2) is 9.11. The molecule has 0 rings (SSSR count). The fourth-order valence-electron chi connectivity index (χ4n) is 1.33. The van der Waals surface area contributed by atoms with Gasteiger partial charge in [-0.3, -0.25) is 9.59 Å². The number of nitrogens with one attached hydrogen (secondary N) is 1. The van der Waals surface area contributed by atoms with Gasteiger partial charge in [0.1, 0.15) is 0 Å². The lowest BCUT2D eigenvalue weighted by Crippen LogP contribution is -2.36. The van der Waals surface area contributed by atoms with E-state index in [1.807, 2.05) is 11.8 Å². The van der Waals surface area contributed by atoms with Crippen molar-refractivity contribution in [1.29, 1.82) is 0 Å². The molecule has 0 aromatic rings. The summed E-state index contributed by atoms with van der Waals surface area (Å²) in [5.41, 5.74) is 4.89. The van der Waals surface area contributed by atoms with E-state index in [-0.39, 0.29) is 19.1 Å². The van der Waals surface area contributed by atoms with Crippen LogP contribution in [0.25, 0.3) is 0 Å². The first-order chi connectivity index (χ1) is 7.60. The Kier molecular flexibility index (Phi) is 8.46. The van der Waals surface area contributed by atoms with Crippen LogP contribution in [-0.4, -0.2) is 54.6 Å². The smallest absolute Gasteiger partial charge is 0.236 e. The van der Waals surface area contributed by atoms with E-state index in [0.717, 1.165) is 13.0 Å². The number of carbonyl (C=O) groups excluding carboxylic acids is 2. The van der Waals surface area contributed by atoms with Gasteiger partial charge in [0, 0.05) is 19.5 Å². The van der Waals surface area contributed by atoms with Crippen LogP contribution in [0.2, 0.25) is 0 Å². The molecule has 0 aliphatic rings. The molecule has 16 heavy (non-hydrogen) atoms.